The Morgan fingerprint density at radius 3 is 1.57 bits per heavy atom. The second-order valence-corrected chi connectivity index (χ2v) is 6.01. The molecule has 9 heteroatoms. The third-order valence-corrected chi connectivity index (χ3v) is 3.67. The first-order valence-electron chi connectivity index (χ1n) is 7.48. The van der Waals surface area contributed by atoms with E-state index in [1.807, 2.05) is 0 Å². The molecule has 0 amide bonds. The van der Waals surface area contributed by atoms with Crippen LogP contribution in [-0.4, -0.2) is 29.8 Å². The number of halogens is 7. The lowest BCUT2D eigenvalue weighted by atomic mass is 10.1. The summed E-state index contributed by atoms with van der Waals surface area (Å²) < 4.78 is 76.7. The Hall–Kier alpha value is -0.470. The normalized spacial score (nSPS) is 12.7. The van der Waals surface area contributed by atoms with Gasteiger partial charge >= 0.3 is 18.3 Å². The molecule has 0 aliphatic carbocycles. The Morgan fingerprint density at radius 1 is 0.783 bits per heavy atom. The van der Waals surface area contributed by atoms with Crippen LogP contribution in [-0.2, 0) is 9.53 Å². The molecule has 0 aliphatic rings. The fraction of sp³-hybridized carbons (Fsp3) is 0.929. The number of hydrogen-bond acceptors (Lipinski definition) is 2. The molecule has 0 atom stereocenters. The highest BCUT2D eigenvalue weighted by molar-refractivity contribution is 9.09. The summed E-state index contributed by atoms with van der Waals surface area (Å²) in [6.07, 6.45) is -8.91. The number of carbonyl (C=O) groups is 1. The van der Waals surface area contributed by atoms with Crippen LogP contribution in [0.25, 0.3) is 0 Å². The molecule has 0 radical (unpaired) electrons. The van der Waals surface area contributed by atoms with Crippen LogP contribution in [0.15, 0.2) is 0 Å². The van der Waals surface area contributed by atoms with Crippen LogP contribution >= 0.6 is 15.9 Å². The van der Waals surface area contributed by atoms with Gasteiger partial charge in [0.25, 0.3) is 6.10 Å². The van der Waals surface area contributed by atoms with Gasteiger partial charge in [0, 0.05) is 11.8 Å². The summed E-state index contributed by atoms with van der Waals surface area (Å²) in [7, 11) is 0. The first kappa shape index (κ1) is 22.5. The van der Waals surface area contributed by atoms with Gasteiger partial charge in [-0.1, -0.05) is 54.5 Å². The van der Waals surface area contributed by atoms with Gasteiger partial charge < -0.3 is 4.74 Å². The summed E-state index contributed by atoms with van der Waals surface area (Å²) in [6, 6.07) is 0. The van der Waals surface area contributed by atoms with Crippen molar-refractivity contribution in [2.45, 2.75) is 76.2 Å². The van der Waals surface area contributed by atoms with E-state index in [1.54, 1.807) is 0 Å². The number of ether oxygens (including phenoxy) is 1. The van der Waals surface area contributed by atoms with E-state index in [4.69, 9.17) is 0 Å². The van der Waals surface area contributed by atoms with Crippen molar-refractivity contribution in [3.63, 3.8) is 0 Å². The topological polar surface area (TPSA) is 26.3 Å². The van der Waals surface area contributed by atoms with Crippen LogP contribution in [0.3, 0.4) is 0 Å². The van der Waals surface area contributed by atoms with Gasteiger partial charge in [-0.2, -0.15) is 26.3 Å². The Bertz CT molecular complexity index is 316. The van der Waals surface area contributed by atoms with E-state index in [0.29, 0.717) is 6.42 Å². The second kappa shape index (κ2) is 11.1. The molecule has 0 saturated carbocycles. The fourth-order valence-corrected chi connectivity index (χ4v) is 2.33. The van der Waals surface area contributed by atoms with Crippen molar-refractivity contribution in [2.75, 3.05) is 5.33 Å². The minimum Gasteiger partial charge on any atom is -0.443 e. The molecule has 2 nitrogen and oxygen atoms in total. The molecule has 0 fully saturated rings. The quantitative estimate of drug-likeness (QED) is 0.181. The van der Waals surface area contributed by atoms with Crippen molar-refractivity contribution >= 4 is 21.9 Å². The molecule has 0 aromatic rings. The van der Waals surface area contributed by atoms with Crippen molar-refractivity contribution in [3.05, 3.63) is 0 Å². The standard InChI is InChI=1S/C14H21BrF6O2/c15-10-8-6-4-2-1-3-5-7-9-11(22)23-12(13(16,17)18)14(19,20)21/h12H,1-10H2. The number of hydrogen-bond donors (Lipinski definition) is 0. The maximum absolute atomic E-state index is 12.2. The number of unbranched alkanes of at least 4 members (excludes halogenated alkanes) is 7. The summed E-state index contributed by atoms with van der Waals surface area (Å²) in [4.78, 5) is 11.1. The lowest BCUT2D eigenvalue weighted by Crippen LogP contribution is -2.45. The van der Waals surface area contributed by atoms with Crippen molar-refractivity contribution in [2.24, 2.45) is 0 Å². The van der Waals surface area contributed by atoms with Gasteiger partial charge in [0.15, 0.2) is 0 Å². The van der Waals surface area contributed by atoms with E-state index in [2.05, 4.69) is 20.7 Å². The predicted octanol–water partition coefficient (Wildman–Crippen LogP) is 5.93. The Labute approximate surface area is 140 Å². The number of carbonyl (C=O) groups excluding carboxylic acids is 1. The zero-order chi connectivity index (χ0) is 17.9. The largest absolute Gasteiger partial charge is 0.443 e. The van der Waals surface area contributed by atoms with E-state index in [0.717, 1.165) is 43.9 Å². The molecule has 0 spiro atoms. The number of esters is 1. The van der Waals surface area contributed by atoms with E-state index in [9.17, 15) is 31.1 Å². The predicted molar refractivity (Wildman–Crippen MR) is 77.3 cm³/mol. The number of rotatable bonds is 11. The lowest BCUT2D eigenvalue weighted by Gasteiger charge is -2.22. The summed E-state index contributed by atoms with van der Waals surface area (Å²) in [5, 5.41) is 0.964. The van der Waals surface area contributed by atoms with E-state index in [-0.39, 0.29) is 6.42 Å². The maximum Gasteiger partial charge on any atom is 0.434 e. The molecule has 0 saturated heterocycles. The fourth-order valence-electron chi connectivity index (χ4n) is 1.93. The SMILES string of the molecule is O=C(CCCCCCCCCCBr)OC(C(F)(F)F)C(F)(F)F. The van der Waals surface area contributed by atoms with Crippen molar-refractivity contribution in [1.82, 2.24) is 0 Å². The average Bonchev–Trinajstić information content (AvgIpc) is 2.40. The molecule has 0 aromatic carbocycles. The van der Waals surface area contributed by atoms with Crippen molar-refractivity contribution in [3.8, 4) is 0 Å². The van der Waals surface area contributed by atoms with Crippen LogP contribution in [0, 0.1) is 0 Å². The molecule has 138 valence electrons. The van der Waals surface area contributed by atoms with Gasteiger partial charge in [-0.3, -0.25) is 4.79 Å². The molecule has 23 heavy (non-hydrogen) atoms. The third kappa shape index (κ3) is 11.7. The summed E-state index contributed by atoms with van der Waals surface area (Å²) in [6.45, 7) is 0. The van der Waals surface area contributed by atoms with Gasteiger partial charge in [0.05, 0.1) is 0 Å². The smallest absolute Gasteiger partial charge is 0.434 e. The first-order chi connectivity index (χ1) is 10.6. The molecule has 0 bridgehead atoms. The van der Waals surface area contributed by atoms with E-state index in [1.165, 1.54) is 0 Å². The number of alkyl halides is 7. The van der Waals surface area contributed by atoms with Gasteiger partial charge in [-0.25, -0.2) is 0 Å². The van der Waals surface area contributed by atoms with Crippen LogP contribution in [0.2, 0.25) is 0 Å². The molecular weight excluding hydrogens is 394 g/mol. The minimum absolute atomic E-state index is 0.225. The van der Waals surface area contributed by atoms with Gasteiger partial charge in [-0.15, -0.1) is 0 Å². The van der Waals surface area contributed by atoms with E-state index >= 15 is 0 Å². The van der Waals surface area contributed by atoms with Crippen LogP contribution in [0.5, 0.6) is 0 Å². The highest BCUT2D eigenvalue weighted by Gasteiger charge is 2.59. The molecule has 0 unspecified atom stereocenters. The summed E-state index contributed by atoms with van der Waals surface area (Å²) >= 11 is 3.32. The Balaban J connectivity index is 3.85. The third-order valence-electron chi connectivity index (χ3n) is 3.11. The molecule has 0 rings (SSSR count). The highest BCUT2D eigenvalue weighted by atomic mass is 79.9. The molecular formula is C14H21BrF6O2. The maximum atomic E-state index is 12.2. The zero-order valence-electron chi connectivity index (χ0n) is 12.6. The molecule has 0 N–H and O–H groups in total. The molecule has 0 aromatic heterocycles. The van der Waals surface area contributed by atoms with Crippen LogP contribution in [0.4, 0.5) is 26.3 Å². The summed E-state index contributed by atoms with van der Waals surface area (Å²) in [5.41, 5.74) is 0. The highest BCUT2D eigenvalue weighted by Crippen LogP contribution is 2.35. The van der Waals surface area contributed by atoms with Gasteiger partial charge in [0.2, 0.25) is 0 Å². The Kier molecular flexibility index (Phi) is 10.9. The minimum atomic E-state index is -5.65. The molecule has 0 heterocycles. The van der Waals surface area contributed by atoms with Crippen molar-refractivity contribution < 1.29 is 35.9 Å². The van der Waals surface area contributed by atoms with Crippen LogP contribution < -0.4 is 0 Å². The van der Waals surface area contributed by atoms with Crippen molar-refractivity contribution in [1.29, 1.82) is 0 Å². The Morgan fingerprint density at radius 2 is 1.17 bits per heavy atom. The molecule has 0 aliphatic heterocycles. The monoisotopic (exact) mass is 414 g/mol. The zero-order valence-corrected chi connectivity index (χ0v) is 14.2. The lowest BCUT2D eigenvalue weighted by molar-refractivity contribution is -0.313. The van der Waals surface area contributed by atoms with E-state index < -0.39 is 30.8 Å². The summed E-state index contributed by atoms with van der Waals surface area (Å²) in [5.74, 6) is -1.47. The average molecular weight is 415 g/mol. The second-order valence-electron chi connectivity index (χ2n) is 5.22. The van der Waals surface area contributed by atoms with Gasteiger partial charge in [0.1, 0.15) is 0 Å². The first-order valence-corrected chi connectivity index (χ1v) is 8.60. The van der Waals surface area contributed by atoms with Crippen LogP contribution in [0.1, 0.15) is 57.8 Å². The van der Waals surface area contributed by atoms with Gasteiger partial charge in [-0.05, 0) is 12.8 Å².